The molecule has 0 saturated heterocycles. The Morgan fingerprint density at radius 1 is 1.36 bits per heavy atom. The van der Waals surface area contributed by atoms with Crippen molar-refractivity contribution in [1.29, 1.82) is 0 Å². The molecule has 0 aliphatic carbocycles. The Morgan fingerprint density at radius 3 is 2.71 bits per heavy atom. The van der Waals surface area contributed by atoms with Crippen molar-refractivity contribution in [2.24, 2.45) is 0 Å². The molecule has 0 amide bonds. The van der Waals surface area contributed by atoms with Crippen molar-refractivity contribution in [1.82, 2.24) is 0 Å². The summed E-state index contributed by atoms with van der Waals surface area (Å²) in [5.41, 5.74) is 13.9. The van der Waals surface area contributed by atoms with Crippen LogP contribution in [0.4, 0.5) is 11.4 Å². The van der Waals surface area contributed by atoms with Crippen LogP contribution in [-0.2, 0) is 11.2 Å². The lowest BCUT2D eigenvalue weighted by atomic mass is 10.1. The van der Waals surface area contributed by atoms with Crippen LogP contribution in [0.5, 0.6) is 0 Å². The Bertz CT molecular complexity index is 299. The lowest BCUT2D eigenvalue weighted by Crippen LogP contribution is -2.13. The summed E-state index contributed by atoms with van der Waals surface area (Å²) in [6.07, 6.45) is 0.995. The van der Waals surface area contributed by atoms with Crippen molar-refractivity contribution in [2.75, 3.05) is 18.1 Å². The van der Waals surface area contributed by atoms with Crippen LogP contribution in [0.25, 0.3) is 0 Å². The first kappa shape index (κ1) is 10.9. The Morgan fingerprint density at radius 2 is 2.07 bits per heavy atom. The van der Waals surface area contributed by atoms with Gasteiger partial charge in [0.15, 0.2) is 0 Å². The smallest absolute Gasteiger partial charge is 0.0587 e. The molecule has 1 aromatic rings. The topological polar surface area (TPSA) is 61.3 Å². The standard InChI is InChI=1S/C11H18N2O/c1-3-14-8(2)7-9-5-4-6-10(12)11(9)13/h4-6,8H,3,7,12-13H2,1-2H3. The minimum absolute atomic E-state index is 0.184. The molecule has 0 fully saturated rings. The van der Waals surface area contributed by atoms with E-state index in [1.54, 1.807) is 0 Å². The number of nitrogens with two attached hydrogens (primary N) is 2. The van der Waals surface area contributed by atoms with Crippen molar-refractivity contribution < 1.29 is 4.74 Å². The summed E-state index contributed by atoms with van der Waals surface area (Å²) >= 11 is 0. The first-order valence-corrected chi connectivity index (χ1v) is 4.89. The van der Waals surface area contributed by atoms with Crippen LogP contribution in [-0.4, -0.2) is 12.7 Å². The number of para-hydroxylation sites is 1. The van der Waals surface area contributed by atoms with Crippen LogP contribution in [0.2, 0.25) is 0 Å². The van der Waals surface area contributed by atoms with Crippen LogP contribution in [0.15, 0.2) is 18.2 Å². The molecule has 78 valence electrons. The molecular weight excluding hydrogens is 176 g/mol. The molecule has 1 atom stereocenters. The van der Waals surface area contributed by atoms with Gasteiger partial charge < -0.3 is 16.2 Å². The predicted molar refractivity (Wildman–Crippen MR) is 60.1 cm³/mol. The Balaban J connectivity index is 2.71. The first-order chi connectivity index (χ1) is 6.65. The molecule has 1 unspecified atom stereocenters. The number of hydrogen-bond acceptors (Lipinski definition) is 3. The van der Waals surface area contributed by atoms with Crippen molar-refractivity contribution in [3.8, 4) is 0 Å². The van der Waals surface area contributed by atoms with E-state index in [-0.39, 0.29) is 6.10 Å². The Kier molecular flexibility index (Phi) is 3.77. The third-order valence-electron chi connectivity index (χ3n) is 2.19. The van der Waals surface area contributed by atoms with E-state index in [1.807, 2.05) is 32.0 Å². The van der Waals surface area contributed by atoms with Crippen LogP contribution in [0.3, 0.4) is 0 Å². The molecule has 4 N–H and O–H groups in total. The van der Waals surface area contributed by atoms with Gasteiger partial charge in [-0.05, 0) is 25.5 Å². The van der Waals surface area contributed by atoms with Gasteiger partial charge >= 0.3 is 0 Å². The van der Waals surface area contributed by atoms with Gasteiger partial charge in [0, 0.05) is 13.0 Å². The highest BCUT2D eigenvalue weighted by atomic mass is 16.5. The SMILES string of the molecule is CCOC(C)Cc1cccc(N)c1N. The lowest BCUT2D eigenvalue weighted by molar-refractivity contribution is 0.0769. The molecule has 0 heterocycles. The highest BCUT2D eigenvalue weighted by Crippen LogP contribution is 2.21. The van der Waals surface area contributed by atoms with Gasteiger partial charge in [0.1, 0.15) is 0 Å². The summed E-state index contributed by atoms with van der Waals surface area (Å²) < 4.78 is 5.44. The molecular formula is C11H18N2O. The van der Waals surface area contributed by atoms with Gasteiger partial charge in [0.2, 0.25) is 0 Å². The van der Waals surface area contributed by atoms with E-state index in [0.717, 1.165) is 18.6 Å². The summed E-state index contributed by atoms with van der Waals surface area (Å²) in [6.45, 7) is 4.74. The number of nitrogen functional groups attached to an aromatic ring is 2. The van der Waals surface area contributed by atoms with E-state index in [4.69, 9.17) is 16.2 Å². The fraction of sp³-hybridized carbons (Fsp3) is 0.455. The maximum atomic E-state index is 5.85. The molecule has 1 rings (SSSR count). The zero-order valence-electron chi connectivity index (χ0n) is 8.79. The maximum absolute atomic E-state index is 5.85. The number of anilines is 2. The normalized spacial score (nSPS) is 12.7. The lowest BCUT2D eigenvalue weighted by Gasteiger charge is -2.13. The molecule has 0 aromatic heterocycles. The number of rotatable bonds is 4. The summed E-state index contributed by atoms with van der Waals surface area (Å²) in [5, 5.41) is 0. The third kappa shape index (κ3) is 2.64. The molecule has 3 nitrogen and oxygen atoms in total. The second-order valence-electron chi connectivity index (χ2n) is 3.39. The molecule has 0 bridgehead atoms. The van der Waals surface area contributed by atoms with Crippen molar-refractivity contribution in [3.05, 3.63) is 23.8 Å². The second kappa shape index (κ2) is 4.86. The van der Waals surface area contributed by atoms with Crippen LogP contribution in [0, 0.1) is 0 Å². The van der Waals surface area contributed by atoms with Crippen LogP contribution >= 0.6 is 0 Å². The van der Waals surface area contributed by atoms with Gasteiger partial charge in [-0.2, -0.15) is 0 Å². The average molecular weight is 194 g/mol. The summed E-state index contributed by atoms with van der Waals surface area (Å²) in [6, 6.07) is 5.71. The van der Waals surface area contributed by atoms with E-state index in [0.29, 0.717) is 11.4 Å². The van der Waals surface area contributed by atoms with Gasteiger partial charge in [0.25, 0.3) is 0 Å². The van der Waals surface area contributed by atoms with Crippen molar-refractivity contribution in [3.63, 3.8) is 0 Å². The molecule has 0 radical (unpaired) electrons. The first-order valence-electron chi connectivity index (χ1n) is 4.89. The number of ether oxygens (including phenoxy) is 1. The minimum atomic E-state index is 0.184. The highest BCUT2D eigenvalue weighted by molar-refractivity contribution is 5.67. The van der Waals surface area contributed by atoms with Crippen molar-refractivity contribution >= 4 is 11.4 Å². The molecule has 0 saturated carbocycles. The van der Waals surface area contributed by atoms with E-state index in [2.05, 4.69) is 0 Å². The fourth-order valence-corrected chi connectivity index (χ4v) is 1.46. The zero-order chi connectivity index (χ0) is 10.6. The molecule has 14 heavy (non-hydrogen) atoms. The van der Waals surface area contributed by atoms with Gasteiger partial charge in [0.05, 0.1) is 17.5 Å². The number of benzene rings is 1. The second-order valence-corrected chi connectivity index (χ2v) is 3.39. The van der Waals surface area contributed by atoms with E-state index in [9.17, 15) is 0 Å². The quantitative estimate of drug-likeness (QED) is 0.719. The van der Waals surface area contributed by atoms with Gasteiger partial charge in [-0.1, -0.05) is 12.1 Å². The maximum Gasteiger partial charge on any atom is 0.0587 e. The Labute approximate surface area is 85.0 Å². The predicted octanol–water partition coefficient (Wildman–Crippen LogP) is 1.82. The number of hydrogen-bond donors (Lipinski definition) is 2. The summed E-state index contributed by atoms with van der Waals surface area (Å²) in [7, 11) is 0. The van der Waals surface area contributed by atoms with Crippen LogP contribution < -0.4 is 11.5 Å². The average Bonchev–Trinajstić information content (AvgIpc) is 2.13. The van der Waals surface area contributed by atoms with Crippen LogP contribution in [0.1, 0.15) is 19.4 Å². The summed E-state index contributed by atoms with van der Waals surface area (Å²) in [4.78, 5) is 0. The Hall–Kier alpha value is -1.22. The molecule has 1 aromatic carbocycles. The van der Waals surface area contributed by atoms with E-state index >= 15 is 0 Å². The molecule has 0 spiro atoms. The monoisotopic (exact) mass is 194 g/mol. The molecule has 0 aliphatic rings. The van der Waals surface area contributed by atoms with E-state index < -0.39 is 0 Å². The summed E-state index contributed by atoms with van der Waals surface area (Å²) in [5.74, 6) is 0. The van der Waals surface area contributed by atoms with Crippen molar-refractivity contribution in [2.45, 2.75) is 26.4 Å². The molecule has 0 aliphatic heterocycles. The fourth-order valence-electron chi connectivity index (χ4n) is 1.46. The largest absolute Gasteiger partial charge is 0.397 e. The third-order valence-corrected chi connectivity index (χ3v) is 2.19. The molecule has 3 heteroatoms. The van der Waals surface area contributed by atoms with Gasteiger partial charge in [-0.3, -0.25) is 0 Å². The van der Waals surface area contributed by atoms with E-state index in [1.165, 1.54) is 0 Å². The van der Waals surface area contributed by atoms with Gasteiger partial charge in [-0.25, -0.2) is 0 Å². The van der Waals surface area contributed by atoms with Gasteiger partial charge in [-0.15, -0.1) is 0 Å². The minimum Gasteiger partial charge on any atom is -0.397 e. The highest BCUT2D eigenvalue weighted by Gasteiger charge is 2.07. The zero-order valence-corrected chi connectivity index (χ0v) is 8.79.